The largest absolute Gasteiger partial charge is 0.480 e. The van der Waals surface area contributed by atoms with Crippen LogP contribution in [-0.2, 0) is 14.4 Å². The van der Waals surface area contributed by atoms with Crippen LogP contribution in [0.25, 0.3) is 0 Å². The van der Waals surface area contributed by atoms with E-state index in [1.165, 1.54) is 51.4 Å². The molecule has 0 spiro atoms. The molecule has 10 nitrogen and oxygen atoms in total. The molecule has 0 aromatic carbocycles. The second-order valence-electron chi connectivity index (χ2n) is 10.7. The van der Waals surface area contributed by atoms with E-state index >= 15 is 0 Å². The quantitative estimate of drug-likeness (QED) is 0.421. The molecule has 2 fully saturated rings. The Morgan fingerprint density at radius 2 is 0.889 bits per heavy atom. The minimum atomic E-state index is -0.943. The van der Waals surface area contributed by atoms with Crippen molar-refractivity contribution in [1.29, 1.82) is 0 Å². The molecule has 0 aromatic rings. The van der Waals surface area contributed by atoms with Crippen molar-refractivity contribution in [2.45, 2.75) is 58.3 Å². The molecule has 0 aromatic heterocycles. The zero-order valence-electron chi connectivity index (χ0n) is 22.2. The van der Waals surface area contributed by atoms with Crippen molar-refractivity contribution in [2.75, 3.05) is 78.5 Å². The number of carbonyl (C=O) groups is 3. The van der Waals surface area contributed by atoms with Gasteiger partial charge in [-0.3, -0.25) is 29.1 Å². The highest BCUT2D eigenvalue weighted by Gasteiger charge is 2.23. The summed E-state index contributed by atoms with van der Waals surface area (Å²) in [6.45, 7) is 7.36. The standard InChI is InChI=1S/C26H48N4O6/c1-22(23-8-6-4-2-3-5-7-9-23)18-27-10-12-28(19-24(31)32)14-16-30(21-26(35)36)17-15-29(13-11-27)20-25(33)34/h22-23H,2-21H2,1H3,(H,31,32)(H,33,34)(H,35,36). The molecule has 1 heterocycles. The van der Waals surface area contributed by atoms with Crippen molar-refractivity contribution >= 4 is 17.9 Å². The lowest BCUT2D eigenvalue weighted by Crippen LogP contribution is -2.49. The first-order chi connectivity index (χ1) is 17.2. The van der Waals surface area contributed by atoms with E-state index in [-0.39, 0.29) is 19.6 Å². The SMILES string of the molecule is CC(CN1CCN(CC(=O)O)CCN(CC(=O)O)CCN(CC(=O)O)CC1)C1CCCCCCCC1. The molecular weight excluding hydrogens is 464 g/mol. The molecular formula is C26H48N4O6. The van der Waals surface area contributed by atoms with Gasteiger partial charge in [0.25, 0.3) is 0 Å². The third-order valence-electron chi connectivity index (χ3n) is 7.76. The highest BCUT2D eigenvalue weighted by atomic mass is 16.4. The molecule has 208 valence electrons. The van der Waals surface area contributed by atoms with Gasteiger partial charge >= 0.3 is 17.9 Å². The van der Waals surface area contributed by atoms with E-state index in [9.17, 15) is 29.7 Å². The third-order valence-corrected chi connectivity index (χ3v) is 7.76. The van der Waals surface area contributed by atoms with Gasteiger partial charge in [0.05, 0.1) is 19.6 Å². The van der Waals surface area contributed by atoms with Gasteiger partial charge in [-0.15, -0.1) is 0 Å². The average molecular weight is 513 g/mol. The lowest BCUT2D eigenvalue weighted by molar-refractivity contribution is -0.140. The van der Waals surface area contributed by atoms with Crippen molar-refractivity contribution in [1.82, 2.24) is 19.6 Å². The van der Waals surface area contributed by atoms with Gasteiger partial charge < -0.3 is 20.2 Å². The molecule has 0 amide bonds. The van der Waals surface area contributed by atoms with Crippen molar-refractivity contribution in [3.8, 4) is 0 Å². The second-order valence-corrected chi connectivity index (χ2v) is 10.7. The van der Waals surface area contributed by atoms with Gasteiger partial charge in [-0.2, -0.15) is 0 Å². The molecule has 1 aliphatic carbocycles. The maximum atomic E-state index is 11.5. The van der Waals surface area contributed by atoms with Crippen LogP contribution < -0.4 is 0 Å². The summed E-state index contributed by atoms with van der Waals surface area (Å²) in [7, 11) is 0. The summed E-state index contributed by atoms with van der Waals surface area (Å²) < 4.78 is 0. The molecule has 3 N–H and O–H groups in total. The van der Waals surface area contributed by atoms with Crippen LogP contribution in [0, 0.1) is 11.8 Å². The summed E-state index contributed by atoms with van der Waals surface area (Å²) in [6, 6.07) is 0. The van der Waals surface area contributed by atoms with Crippen molar-refractivity contribution in [3.05, 3.63) is 0 Å². The number of carboxylic acid groups (broad SMARTS) is 3. The van der Waals surface area contributed by atoms with Gasteiger partial charge in [0, 0.05) is 58.9 Å². The van der Waals surface area contributed by atoms with Gasteiger partial charge in [-0.05, 0) is 11.8 Å². The molecule has 0 radical (unpaired) electrons. The molecule has 10 heteroatoms. The Bertz CT molecular complexity index is 637. The van der Waals surface area contributed by atoms with Crippen LogP contribution >= 0.6 is 0 Å². The van der Waals surface area contributed by atoms with Gasteiger partial charge in [0.2, 0.25) is 0 Å². The van der Waals surface area contributed by atoms with Gasteiger partial charge in [-0.25, -0.2) is 0 Å². The Labute approximate surface area is 216 Å². The van der Waals surface area contributed by atoms with Gasteiger partial charge in [0.15, 0.2) is 0 Å². The number of aliphatic carboxylic acids is 3. The monoisotopic (exact) mass is 512 g/mol. The van der Waals surface area contributed by atoms with E-state index in [1.807, 2.05) is 9.80 Å². The second kappa shape index (κ2) is 16.9. The van der Waals surface area contributed by atoms with Gasteiger partial charge in [-0.1, -0.05) is 58.3 Å². The Hall–Kier alpha value is -1.75. The number of nitrogens with zero attached hydrogens (tertiary/aromatic N) is 4. The number of rotatable bonds is 9. The minimum absolute atomic E-state index is 0.0714. The Kier molecular flexibility index (Phi) is 14.3. The first-order valence-electron chi connectivity index (χ1n) is 13.8. The molecule has 0 bridgehead atoms. The van der Waals surface area contributed by atoms with Crippen molar-refractivity contribution in [3.63, 3.8) is 0 Å². The zero-order chi connectivity index (χ0) is 26.3. The maximum Gasteiger partial charge on any atom is 0.317 e. The molecule has 36 heavy (non-hydrogen) atoms. The molecule has 2 aliphatic rings. The third kappa shape index (κ3) is 13.0. The summed E-state index contributed by atoms with van der Waals surface area (Å²) in [5, 5.41) is 28.1. The highest BCUT2D eigenvalue weighted by Crippen LogP contribution is 2.28. The van der Waals surface area contributed by atoms with E-state index in [0.717, 1.165) is 6.54 Å². The first-order valence-corrected chi connectivity index (χ1v) is 13.8. The number of hydrogen-bond donors (Lipinski definition) is 3. The average Bonchev–Trinajstić information content (AvgIpc) is 2.94. The maximum absolute atomic E-state index is 11.5. The topological polar surface area (TPSA) is 125 Å². The van der Waals surface area contributed by atoms with Crippen LogP contribution in [0.1, 0.15) is 58.3 Å². The van der Waals surface area contributed by atoms with Gasteiger partial charge in [0.1, 0.15) is 0 Å². The molecule has 1 atom stereocenters. The Balaban J connectivity index is 2.10. The van der Waals surface area contributed by atoms with Crippen LogP contribution in [-0.4, -0.2) is 131 Å². The fourth-order valence-electron chi connectivity index (χ4n) is 5.60. The van der Waals surface area contributed by atoms with Crippen LogP contribution in [0.2, 0.25) is 0 Å². The van der Waals surface area contributed by atoms with Crippen LogP contribution in [0.15, 0.2) is 0 Å². The minimum Gasteiger partial charge on any atom is -0.480 e. The van der Waals surface area contributed by atoms with Crippen molar-refractivity contribution in [2.24, 2.45) is 11.8 Å². The van der Waals surface area contributed by atoms with E-state index in [1.54, 1.807) is 4.90 Å². The zero-order valence-corrected chi connectivity index (χ0v) is 22.2. The molecule has 2 rings (SSSR count). The van der Waals surface area contributed by atoms with E-state index in [0.29, 0.717) is 64.2 Å². The lowest BCUT2D eigenvalue weighted by atomic mass is 9.85. The number of carboxylic acids is 3. The lowest BCUT2D eigenvalue weighted by Gasteiger charge is -2.35. The fraction of sp³-hybridized carbons (Fsp3) is 0.885. The summed E-state index contributed by atoms with van der Waals surface area (Å²) in [4.78, 5) is 42.2. The smallest absolute Gasteiger partial charge is 0.317 e. The molecule has 1 unspecified atom stereocenters. The first kappa shape index (κ1) is 30.5. The predicted octanol–water partition coefficient (Wildman–Crippen LogP) is 1.85. The van der Waals surface area contributed by atoms with E-state index in [2.05, 4.69) is 11.8 Å². The van der Waals surface area contributed by atoms with Crippen LogP contribution in [0.3, 0.4) is 0 Å². The van der Waals surface area contributed by atoms with Crippen LogP contribution in [0.4, 0.5) is 0 Å². The normalized spacial score (nSPS) is 22.9. The fourth-order valence-corrected chi connectivity index (χ4v) is 5.60. The summed E-state index contributed by atoms with van der Waals surface area (Å²) in [5.41, 5.74) is 0. The molecule has 1 saturated heterocycles. The highest BCUT2D eigenvalue weighted by molar-refractivity contribution is 5.69. The Morgan fingerprint density at radius 1 is 0.583 bits per heavy atom. The summed E-state index contributed by atoms with van der Waals surface area (Å²) >= 11 is 0. The van der Waals surface area contributed by atoms with E-state index in [4.69, 9.17) is 0 Å². The van der Waals surface area contributed by atoms with Crippen LogP contribution in [0.5, 0.6) is 0 Å². The molecule has 1 saturated carbocycles. The predicted molar refractivity (Wildman–Crippen MR) is 138 cm³/mol. The Morgan fingerprint density at radius 3 is 1.22 bits per heavy atom. The number of hydrogen-bond acceptors (Lipinski definition) is 7. The summed E-state index contributed by atoms with van der Waals surface area (Å²) in [5.74, 6) is -1.49. The summed E-state index contributed by atoms with van der Waals surface area (Å²) in [6.07, 6.45) is 10.4. The van der Waals surface area contributed by atoms with E-state index < -0.39 is 17.9 Å². The molecule has 1 aliphatic heterocycles. The van der Waals surface area contributed by atoms with Crippen molar-refractivity contribution < 1.29 is 29.7 Å².